The van der Waals surface area contributed by atoms with Gasteiger partial charge in [-0.15, -0.1) is 0 Å². The second kappa shape index (κ2) is 6.20. The van der Waals surface area contributed by atoms with Crippen molar-refractivity contribution >= 4 is 29.1 Å². The van der Waals surface area contributed by atoms with Gasteiger partial charge in [0, 0.05) is 0 Å². The number of hydrogen-bond donors (Lipinski definition) is 1. The molecule has 0 aliphatic heterocycles. The van der Waals surface area contributed by atoms with Crippen LogP contribution in [0, 0.1) is 5.82 Å². The molecule has 0 bridgehead atoms. The van der Waals surface area contributed by atoms with Crippen LogP contribution in [0.25, 0.3) is 0 Å². The molecule has 104 valence electrons. The zero-order chi connectivity index (χ0) is 14.7. The summed E-state index contributed by atoms with van der Waals surface area (Å²) in [6.45, 7) is 1.74. The maximum absolute atomic E-state index is 13.1. The number of amides is 1. The fourth-order valence-corrected chi connectivity index (χ4v) is 2.04. The molecule has 0 aliphatic carbocycles. The number of benzene rings is 1. The van der Waals surface area contributed by atoms with Crippen LogP contribution in [-0.4, -0.2) is 10.9 Å². The summed E-state index contributed by atoms with van der Waals surface area (Å²) in [6.07, 6.45) is 0. The Hall–Kier alpha value is -1.65. The van der Waals surface area contributed by atoms with Crippen molar-refractivity contribution in [3.8, 4) is 0 Å². The van der Waals surface area contributed by atoms with Crippen molar-refractivity contribution < 1.29 is 9.18 Å². The van der Waals surface area contributed by atoms with Crippen molar-refractivity contribution in [1.29, 1.82) is 0 Å². The number of carbonyl (C=O) groups excluding carboxylic acids is 1. The van der Waals surface area contributed by atoms with E-state index in [4.69, 9.17) is 23.2 Å². The Kier molecular flexibility index (Phi) is 4.57. The van der Waals surface area contributed by atoms with E-state index in [1.807, 2.05) is 0 Å². The number of nitrogens with zero attached hydrogens (tertiary/aromatic N) is 1. The number of carbonyl (C=O) groups is 1. The summed E-state index contributed by atoms with van der Waals surface area (Å²) < 4.78 is 13.1. The Morgan fingerprint density at radius 2 is 2.05 bits per heavy atom. The van der Waals surface area contributed by atoms with E-state index < -0.39 is 5.91 Å². The van der Waals surface area contributed by atoms with Gasteiger partial charge in [0.15, 0.2) is 0 Å². The van der Waals surface area contributed by atoms with Gasteiger partial charge in [-0.05, 0) is 36.8 Å². The first-order chi connectivity index (χ1) is 9.47. The maximum Gasteiger partial charge on any atom is 0.271 e. The summed E-state index contributed by atoms with van der Waals surface area (Å²) in [5.41, 5.74) is 0.693. The van der Waals surface area contributed by atoms with Crippen LogP contribution < -0.4 is 5.32 Å². The molecule has 6 heteroatoms. The third kappa shape index (κ3) is 3.46. The minimum Gasteiger partial charge on any atom is -0.344 e. The van der Waals surface area contributed by atoms with Gasteiger partial charge in [0.25, 0.3) is 5.91 Å². The van der Waals surface area contributed by atoms with E-state index in [9.17, 15) is 9.18 Å². The number of rotatable bonds is 3. The van der Waals surface area contributed by atoms with Crippen LogP contribution in [0.4, 0.5) is 4.39 Å². The number of halogens is 3. The minimum absolute atomic E-state index is 0.0439. The minimum atomic E-state index is -0.464. The topological polar surface area (TPSA) is 42.0 Å². The molecular weight excluding hydrogens is 302 g/mol. The highest BCUT2D eigenvalue weighted by atomic mass is 35.5. The van der Waals surface area contributed by atoms with Crippen LogP contribution >= 0.6 is 23.2 Å². The molecule has 3 nitrogen and oxygen atoms in total. The first-order valence-electron chi connectivity index (χ1n) is 5.86. The van der Waals surface area contributed by atoms with Crippen molar-refractivity contribution in [3.63, 3.8) is 0 Å². The highest BCUT2D eigenvalue weighted by Crippen LogP contribution is 2.19. The Morgan fingerprint density at radius 1 is 1.30 bits per heavy atom. The van der Waals surface area contributed by atoms with E-state index in [1.165, 1.54) is 24.3 Å². The second-order valence-electron chi connectivity index (χ2n) is 4.21. The molecule has 1 N–H and O–H groups in total. The molecule has 1 unspecified atom stereocenters. The smallest absolute Gasteiger partial charge is 0.271 e. The highest BCUT2D eigenvalue weighted by molar-refractivity contribution is 6.34. The molecule has 20 heavy (non-hydrogen) atoms. The summed E-state index contributed by atoms with van der Waals surface area (Å²) in [5.74, 6) is -0.822. The lowest BCUT2D eigenvalue weighted by molar-refractivity contribution is 0.0935. The lowest BCUT2D eigenvalue weighted by Gasteiger charge is -2.14. The van der Waals surface area contributed by atoms with Crippen molar-refractivity contribution in [3.05, 3.63) is 63.6 Å². The van der Waals surface area contributed by atoms with Gasteiger partial charge < -0.3 is 5.32 Å². The van der Waals surface area contributed by atoms with E-state index in [-0.39, 0.29) is 27.7 Å². The number of pyridine rings is 1. The van der Waals surface area contributed by atoms with Crippen molar-refractivity contribution in [1.82, 2.24) is 10.3 Å². The Morgan fingerprint density at radius 3 is 2.75 bits per heavy atom. The third-order valence-electron chi connectivity index (χ3n) is 2.72. The summed E-state index contributed by atoms with van der Waals surface area (Å²) in [4.78, 5) is 16.0. The quantitative estimate of drug-likeness (QED) is 0.870. The van der Waals surface area contributed by atoms with Crippen LogP contribution in [0.1, 0.15) is 29.0 Å². The van der Waals surface area contributed by atoms with Crippen molar-refractivity contribution in [2.24, 2.45) is 0 Å². The van der Waals surface area contributed by atoms with Gasteiger partial charge in [0.2, 0.25) is 0 Å². The fraction of sp³-hybridized carbons (Fsp3) is 0.143. The van der Waals surface area contributed by atoms with Crippen LogP contribution in [-0.2, 0) is 0 Å². The van der Waals surface area contributed by atoms with Crippen molar-refractivity contribution in [2.75, 3.05) is 0 Å². The van der Waals surface area contributed by atoms with Crippen LogP contribution in [0.15, 0.2) is 36.4 Å². The van der Waals surface area contributed by atoms with Gasteiger partial charge in [-0.3, -0.25) is 4.79 Å². The van der Waals surface area contributed by atoms with Crippen LogP contribution in [0.2, 0.25) is 10.2 Å². The molecule has 1 aromatic carbocycles. The summed E-state index contributed by atoms with van der Waals surface area (Å²) in [7, 11) is 0. The monoisotopic (exact) mass is 312 g/mol. The average Bonchev–Trinajstić information content (AvgIpc) is 2.41. The molecule has 0 fully saturated rings. The van der Waals surface area contributed by atoms with Gasteiger partial charge in [-0.2, -0.15) is 0 Å². The number of hydrogen-bond acceptors (Lipinski definition) is 2. The number of aromatic nitrogens is 1. The van der Waals surface area contributed by atoms with E-state index in [1.54, 1.807) is 19.1 Å². The van der Waals surface area contributed by atoms with E-state index >= 15 is 0 Å². The first-order valence-corrected chi connectivity index (χ1v) is 6.61. The Labute approximate surface area is 125 Å². The summed E-state index contributed by atoms with van der Waals surface area (Å²) in [5, 5.41) is 3.08. The van der Waals surface area contributed by atoms with E-state index in [0.29, 0.717) is 5.56 Å². The molecule has 2 aromatic rings. The summed E-state index contributed by atoms with van der Waals surface area (Å²) in [6, 6.07) is 8.62. The zero-order valence-corrected chi connectivity index (χ0v) is 12.0. The summed E-state index contributed by atoms with van der Waals surface area (Å²) >= 11 is 11.6. The van der Waals surface area contributed by atoms with Gasteiger partial charge in [0.05, 0.1) is 11.1 Å². The average molecular weight is 313 g/mol. The lowest BCUT2D eigenvalue weighted by Crippen LogP contribution is -2.27. The van der Waals surface area contributed by atoms with Gasteiger partial charge in [-0.1, -0.05) is 35.3 Å². The zero-order valence-electron chi connectivity index (χ0n) is 10.5. The molecule has 1 amide bonds. The molecule has 0 saturated carbocycles. The first kappa shape index (κ1) is 14.8. The Bertz CT molecular complexity index is 649. The molecule has 1 atom stereocenters. The molecule has 0 saturated heterocycles. The predicted molar refractivity (Wildman–Crippen MR) is 76.5 cm³/mol. The molecule has 0 aliphatic rings. The van der Waals surface area contributed by atoms with Crippen LogP contribution in [0.5, 0.6) is 0 Å². The lowest BCUT2D eigenvalue weighted by atomic mass is 10.1. The molecule has 1 heterocycles. The predicted octanol–water partition coefficient (Wildman–Crippen LogP) is 4.02. The molecule has 2 rings (SSSR count). The second-order valence-corrected chi connectivity index (χ2v) is 5.01. The SMILES string of the molecule is CC(NC(=O)c1nc(Cl)ccc1Cl)c1cccc(F)c1. The van der Waals surface area contributed by atoms with Gasteiger partial charge >= 0.3 is 0 Å². The molecular formula is C14H11Cl2FN2O. The molecule has 0 spiro atoms. The molecule has 1 aromatic heterocycles. The standard InChI is InChI=1S/C14H11Cl2FN2O/c1-8(9-3-2-4-10(17)7-9)18-14(20)13-11(15)5-6-12(16)19-13/h2-8H,1H3,(H,18,20). The van der Waals surface area contributed by atoms with E-state index in [0.717, 1.165) is 0 Å². The normalized spacial score (nSPS) is 12.0. The van der Waals surface area contributed by atoms with Crippen molar-refractivity contribution in [2.45, 2.75) is 13.0 Å². The third-order valence-corrected chi connectivity index (χ3v) is 3.24. The van der Waals surface area contributed by atoms with E-state index in [2.05, 4.69) is 10.3 Å². The molecule has 0 radical (unpaired) electrons. The Balaban J connectivity index is 2.17. The van der Waals surface area contributed by atoms with Crippen LogP contribution in [0.3, 0.4) is 0 Å². The fourth-order valence-electron chi connectivity index (χ4n) is 1.70. The maximum atomic E-state index is 13.1. The largest absolute Gasteiger partial charge is 0.344 e. The number of nitrogens with one attached hydrogen (secondary N) is 1. The van der Waals surface area contributed by atoms with Gasteiger partial charge in [-0.25, -0.2) is 9.37 Å². The highest BCUT2D eigenvalue weighted by Gasteiger charge is 2.16. The van der Waals surface area contributed by atoms with Gasteiger partial charge in [0.1, 0.15) is 16.7 Å².